The number of hydrogen-bond donors (Lipinski definition) is 2. The number of nitrogen functional groups attached to an aromatic ring is 1. The van der Waals surface area contributed by atoms with Crippen LogP contribution < -0.4 is 15.8 Å². The van der Waals surface area contributed by atoms with Crippen molar-refractivity contribution in [3.8, 4) is 5.75 Å². The molecule has 0 saturated carbocycles. The summed E-state index contributed by atoms with van der Waals surface area (Å²) in [6.07, 6.45) is 4.21. The number of fused-ring (bicyclic) bond motifs is 2. The zero-order valence-corrected chi connectivity index (χ0v) is 17.5. The number of nitrogens with zero attached hydrogens (tertiary/aromatic N) is 2. The average molecular weight is 422 g/mol. The highest BCUT2D eigenvalue weighted by molar-refractivity contribution is 6.39. The topological polar surface area (TPSA) is 107 Å². The molecule has 5 rings (SSSR count). The van der Waals surface area contributed by atoms with Gasteiger partial charge in [0.15, 0.2) is 0 Å². The maximum Gasteiger partial charge on any atom is 0.313 e. The summed E-state index contributed by atoms with van der Waals surface area (Å²) in [5.74, 6) is 0.395. The summed E-state index contributed by atoms with van der Waals surface area (Å²) in [6.45, 7) is 4.03. The molecule has 2 aromatic rings. The lowest BCUT2D eigenvalue weighted by molar-refractivity contribution is -0.146. The standard InChI is InChI=1S/C23H26N4O4/c1-13-2-5-19(15-4-3-14-6-7-31-20(14)8-15)27(10-13)23(29)22(28)26-18-9-25-21(24)17-12-30-11-16(17)18/h3-4,8-9,13,19H,2,5-7,10-12H2,1H3,(H2,24,25)(H,26,28). The van der Waals surface area contributed by atoms with E-state index in [1.165, 1.54) is 11.8 Å². The van der Waals surface area contributed by atoms with Crippen LogP contribution in [0.3, 0.4) is 0 Å². The Morgan fingerprint density at radius 1 is 1.23 bits per heavy atom. The van der Waals surface area contributed by atoms with Gasteiger partial charge in [-0.05, 0) is 36.0 Å². The Bertz CT molecular complexity index is 1050. The van der Waals surface area contributed by atoms with Crippen LogP contribution in [0.25, 0.3) is 0 Å². The fourth-order valence-corrected chi connectivity index (χ4v) is 4.72. The van der Waals surface area contributed by atoms with Gasteiger partial charge in [-0.3, -0.25) is 9.59 Å². The van der Waals surface area contributed by atoms with Crippen molar-refractivity contribution >= 4 is 23.3 Å². The fraction of sp³-hybridized carbons (Fsp3) is 0.435. The van der Waals surface area contributed by atoms with Gasteiger partial charge in [-0.2, -0.15) is 0 Å². The lowest BCUT2D eigenvalue weighted by Crippen LogP contribution is -2.46. The molecule has 2 unspecified atom stereocenters. The minimum atomic E-state index is -0.669. The SMILES string of the molecule is CC1CCC(c2ccc3c(c2)OCC3)N(C(=O)C(=O)Nc2cnc(N)c3c2COC3)C1. The van der Waals surface area contributed by atoms with E-state index in [0.717, 1.165) is 41.7 Å². The molecule has 1 aromatic carbocycles. The second-order valence-electron chi connectivity index (χ2n) is 8.58. The van der Waals surface area contributed by atoms with Crippen molar-refractivity contribution in [2.45, 2.75) is 45.4 Å². The Balaban J connectivity index is 1.38. The number of carbonyl (C=O) groups is 2. The molecular formula is C23H26N4O4. The highest BCUT2D eigenvalue weighted by Gasteiger charge is 2.35. The van der Waals surface area contributed by atoms with Crippen molar-refractivity contribution < 1.29 is 19.1 Å². The molecule has 8 nitrogen and oxygen atoms in total. The molecule has 1 fully saturated rings. The first-order chi connectivity index (χ1) is 15.0. The predicted octanol–water partition coefficient (Wildman–Crippen LogP) is 2.57. The number of piperidine rings is 1. The Kier molecular flexibility index (Phi) is 5.02. The second kappa shape index (κ2) is 7.85. The van der Waals surface area contributed by atoms with Crippen LogP contribution in [0.15, 0.2) is 24.4 Å². The number of benzene rings is 1. The number of hydrogen-bond acceptors (Lipinski definition) is 6. The molecule has 4 heterocycles. The summed E-state index contributed by atoms with van der Waals surface area (Å²) in [5, 5.41) is 2.74. The zero-order chi connectivity index (χ0) is 21.5. The number of nitrogens with one attached hydrogen (secondary N) is 1. The first-order valence-electron chi connectivity index (χ1n) is 10.7. The van der Waals surface area contributed by atoms with Gasteiger partial charge in [-0.1, -0.05) is 19.1 Å². The molecule has 162 valence electrons. The number of nitrogens with two attached hydrogens (primary N) is 1. The number of carbonyl (C=O) groups excluding carboxylic acids is 2. The molecular weight excluding hydrogens is 396 g/mol. The first kappa shape index (κ1) is 19.8. The van der Waals surface area contributed by atoms with Gasteiger partial charge in [-0.25, -0.2) is 4.98 Å². The summed E-state index contributed by atoms with van der Waals surface area (Å²) in [5.41, 5.74) is 10.1. The van der Waals surface area contributed by atoms with E-state index in [4.69, 9.17) is 15.2 Å². The smallest absolute Gasteiger partial charge is 0.313 e. The third-order valence-corrected chi connectivity index (χ3v) is 6.45. The minimum Gasteiger partial charge on any atom is -0.493 e. The highest BCUT2D eigenvalue weighted by atomic mass is 16.5. The first-order valence-corrected chi connectivity index (χ1v) is 10.7. The van der Waals surface area contributed by atoms with E-state index in [0.29, 0.717) is 43.8 Å². The summed E-state index contributed by atoms with van der Waals surface area (Å²) in [7, 11) is 0. The van der Waals surface area contributed by atoms with Gasteiger partial charge in [0.25, 0.3) is 0 Å². The van der Waals surface area contributed by atoms with Crippen LogP contribution in [0, 0.1) is 5.92 Å². The predicted molar refractivity (Wildman–Crippen MR) is 114 cm³/mol. The molecule has 3 aliphatic rings. The number of ether oxygens (including phenoxy) is 2. The molecule has 8 heteroatoms. The van der Waals surface area contributed by atoms with Crippen molar-refractivity contribution in [2.24, 2.45) is 5.92 Å². The van der Waals surface area contributed by atoms with Crippen molar-refractivity contribution in [3.05, 3.63) is 46.6 Å². The van der Waals surface area contributed by atoms with E-state index >= 15 is 0 Å². The Morgan fingerprint density at radius 3 is 2.94 bits per heavy atom. The number of pyridine rings is 1. The summed E-state index contributed by atoms with van der Waals surface area (Å²) >= 11 is 0. The molecule has 1 saturated heterocycles. The van der Waals surface area contributed by atoms with Gasteiger partial charge < -0.3 is 25.4 Å². The molecule has 0 spiro atoms. The van der Waals surface area contributed by atoms with Crippen molar-refractivity contribution in [3.63, 3.8) is 0 Å². The van der Waals surface area contributed by atoms with Crippen molar-refractivity contribution in [2.75, 3.05) is 24.2 Å². The Morgan fingerprint density at radius 2 is 2.06 bits per heavy atom. The zero-order valence-electron chi connectivity index (χ0n) is 17.5. The monoisotopic (exact) mass is 422 g/mol. The van der Waals surface area contributed by atoms with E-state index in [1.807, 2.05) is 6.07 Å². The van der Waals surface area contributed by atoms with Gasteiger partial charge in [0.2, 0.25) is 0 Å². The van der Waals surface area contributed by atoms with E-state index < -0.39 is 11.8 Å². The van der Waals surface area contributed by atoms with Crippen molar-refractivity contribution in [1.82, 2.24) is 9.88 Å². The minimum absolute atomic E-state index is 0.150. The van der Waals surface area contributed by atoms with Gasteiger partial charge in [0, 0.05) is 24.1 Å². The fourth-order valence-electron chi connectivity index (χ4n) is 4.72. The van der Waals surface area contributed by atoms with Crippen LogP contribution in [0.4, 0.5) is 11.5 Å². The lowest BCUT2D eigenvalue weighted by atomic mass is 9.89. The van der Waals surface area contributed by atoms with Gasteiger partial charge in [0.1, 0.15) is 11.6 Å². The van der Waals surface area contributed by atoms with Gasteiger partial charge >= 0.3 is 11.8 Å². The van der Waals surface area contributed by atoms with E-state index in [1.54, 1.807) is 4.90 Å². The normalized spacial score (nSPS) is 21.9. The molecule has 31 heavy (non-hydrogen) atoms. The number of likely N-dealkylation sites (tertiary alicyclic amines) is 1. The van der Waals surface area contributed by atoms with Gasteiger partial charge in [0.05, 0.1) is 37.7 Å². The third kappa shape index (κ3) is 3.61. The maximum atomic E-state index is 13.2. The second-order valence-corrected chi connectivity index (χ2v) is 8.58. The number of anilines is 2. The van der Waals surface area contributed by atoms with Crippen LogP contribution in [0.5, 0.6) is 5.75 Å². The Labute approximate surface area is 180 Å². The van der Waals surface area contributed by atoms with Crippen LogP contribution in [-0.4, -0.2) is 34.8 Å². The van der Waals surface area contributed by atoms with Crippen LogP contribution in [-0.2, 0) is 34.0 Å². The van der Waals surface area contributed by atoms with E-state index in [9.17, 15) is 9.59 Å². The summed E-state index contributed by atoms with van der Waals surface area (Å²) in [4.78, 5) is 32.0. The molecule has 0 radical (unpaired) electrons. The number of amides is 2. The number of aromatic nitrogens is 1. The van der Waals surface area contributed by atoms with E-state index in [-0.39, 0.29) is 6.04 Å². The van der Waals surface area contributed by atoms with Gasteiger partial charge in [-0.15, -0.1) is 0 Å². The molecule has 2 atom stereocenters. The van der Waals surface area contributed by atoms with Crippen LogP contribution >= 0.6 is 0 Å². The molecule has 1 aromatic heterocycles. The third-order valence-electron chi connectivity index (χ3n) is 6.45. The molecule has 3 N–H and O–H groups in total. The summed E-state index contributed by atoms with van der Waals surface area (Å²) in [6, 6.07) is 6.00. The van der Waals surface area contributed by atoms with Crippen molar-refractivity contribution in [1.29, 1.82) is 0 Å². The molecule has 3 aliphatic heterocycles. The quantitative estimate of drug-likeness (QED) is 0.721. The average Bonchev–Trinajstić information content (AvgIpc) is 3.44. The van der Waals surface area contributed by atoms with E-state index in [2.05, 4.69) is 29.4 Å². The summed E-state index contributed by atoms with van der Waals surface area (Å²) < 4.78 is 11.2. The highest BCUT2D eigenvalue weighted by Crippen LogP contribution is 2.37. The Hall–Kier alpha value is -3.13. The number of rotatable bonds is 2. The lowest BCUT2D eigenvalue weighted by Gasteiger charge is -2.38. The van der Waals surface area contributed by atoms with Crippen LogP contribution in [0.2, 0.25) is 0 Å². The molecule has 2 amide bonds. The maximum absolute atomic E-state index is 13.2. The molecule has 0 aliphatic carbocycles. The molecule has 0 bridgehead atoms. The van der Waals surface area contributed by atoms with Crippen LogP contribution in [0.1, 0.15) is 48.1 Å². The largest absolute Gasteiger partial charge is 0.493 e.